The van der Waals surface area contributed by atoms with E-state index in [1.54, 1.807) is 7.05 Å². The zero-order valence-corrected chi connectivity index (χ0v) is 13.2. The Kier molecular flexibility index (Phi) is 9.13. The van der Waals surface area contributed by atoms with Gasteiger partial charge in [-0.1, -0.05) is 45.9 Å². The van der Waals surface area contributed by atoms with Gasteiger partial charge in [-0.3, -0.25) is 4.79 Å². The van der Waals surface area contributed by atoms with Crippen LogP contribution in [0.4, 0.5) is 0 Å². The summed E-state index contributed by atoms with van der Waals surface area (Å²) in [5.74, 6) is -0.134. The van der Waals surface area contributed by atoms with E-state index in [9.17, 15) is 4.79 Å². The molecule has 0 saturated carbocycles. The van der Waals surface area contributed by atoms with Crippen LogP contribution in [0.5, 0.6) is 0 Å². The number of nitrogens with one attached hydrogen (secondary N) is 2. The van der Waals surface area contributed by atoms with Crippen molar-refractivity contribution in [3.05, 3.63) is 36.0 Å². The third kappa shape index (κ3) is 4.70. The Hall–Kier alpha value is -1.81. The minimum absolute atomic E-state index is 0.134. The molecule has 4 heteroatoms. The number of likely N-dealkylation sites (N-methyl/N-ethyl adjacent to an activating group) is 1. The fourth-order valence-electron chi connectivity index (χ4n) is 1.82. The SMILES string of the molecule is CC.CC.CNC(=O)[C@@H](N)Cc1c[nH]c2ccccc12. The minimum Gasteiger partial charge on any atom is -0.361 e. The maximum Gasteiger partial charge on any atom is 0.237 e. The standard InChI is InChI=1S/C12H15N3O.2C2H6/c1-14-12(16)10(13)6-8-7-15-11-5-3-2-4-9(8)11;2*1-2/h2-5,7,10,15H,6,13H2,1H3,(H,14,16);2*1-2H3/t10-;;/m0../s1. The van der Waals surface area contributed by atoms with Crippen LogP contribution in [0.25, 0.3) is 10.9 Å². The van der Waals surface area contributed by atoms with E-state index in [0.29, 0.717) is 6.42 Å². The topological polar surface area (TPSA) is 70.9 Å². The third-order valence-corrected chi connectivity index (χ3v) is 2.70. The molecule has 4 nitrogen and oxygen atoms in total. The largest absolute Gasteiger partial charge is 0.361 e. The summed E-state index contributed by atoms with van der Waals surface area (Å²) in [6.45, 7) is 8.00. The molecular formula is C16H27N3O. The number of fused-ring (bicyclic) bond motifs is 1. The number of hydrogen-bond acceptors (Lipinski definition) is 2. The van der Waals surface area contributed by atoms with Crippen molar-refractivity contribution in [1.82, 2.24) is 10.3 Å². The summed E-state index contributed by atoms with van der Waals surface area (Å²) in [5.41, 5.74) is 7.93. The number of nitrogens with two attached hydrogens (primary N) is 1. The number of amides is 1. The van der Waals surface area contributed by atoms with E-state index in [1.807, 2.05) is 58.2 Å². The first-order valence-electron chi connectivity index (χ1n) is 7.24. The zero-order valence-electron chi connectivity index (χ0n) is 13.2. The first-order valence-corrected chi connectivity index (χ1v) is 7.24. The summed E-state index contributed by atoms with van der Waals surface area (Å²) < 4.78 is 0. The number of aromatic amines is 1. The highest BCUT2D eigenvalue weighted by Gasteiger charge is 2.14. The molecule has 0 spiro atoms. The second-order valence-electron chi connectivity index (χ2n) is 3.78. The van der Waals surface area contributed by atoms with Gasteiger partial charge in [-0.05, 0) is 18.1 Å². The molecule has 2 aromatic rings. The molecule has 1 aromatic heterocycles. The van der Waals surface area contributed by atoms with Gasteiger partial charge in [0, 0.05) is 24.1 Å². The van der Waals surface area contributed by atoms with Gasteiger partial charge in [-0.2, -0.15) is 0 Å². The van der Waals surface area contributed by atoms with Crippen LogP contribution in [0.1, 0.15) is 33.3 Å². The summed E-state index contributed by atoms with van der Waals surface area (Å²) in [5, 5.41) is 3.68. The fourth-order valence-corrected chi connectivity index (χ4v) is 1.82. The monoisotopic (exact) mass is 277 g/mol. The fraction of sp³-hybridized carbons (Fsp3) is 0.438. The lowest BCUT2D eigenvalue weighted by Crippen LogP contribution is -2.40. The zero-order chi connectivity index (χ0) is 15.5. The van der Waals surface area contributed by atoms with Crippen LogP contribution in [0.15, 0.2) is 30.5 Å². The van der Waals surface area contributed by atoms with Crippen molar-refractivity contribution >= 4 is 16.8 Å². The van der Waals surface area contributed by atoms with Crippen LogP contribution in [0, 0.1) is 0 Å². The second kappa shape index (κ2) is 10.0. The molecule has 1 aromatic carbocycles. The highest BCUT2D eigenvalue weighted by atomic mass is 16.2. The van der Waals surface area contributed by atoms with Crippen molar-refractivity contribution in [1.29, 1.82) is 0 Å². The Morgan fingerprint density at radius 3 is 2.45 bits per heavy atom. The molecule has 0 fully saturated rings. The summed E-state index contributed by atoms with van der Waals surface area (Å²) >= 11 is 0. The van der Waals surface area contributed by atoms with Gasteiger partial charge in [-0.25, -0.2) is 0 Å². The number of aromatic nitrogens is 1. The average molecular weight is 277 g/mol. The van der Waals surface area contributed by atoms with E-state index in [1.165, 1.54) is 0 Å². The van der Waals surface area contributed by atoms with E-state index in [-0.39, 0.29) is 5.91 Å². The maximum absolute atomic E-state index is 11.3. The number of para-hydroxylation sites is 1. The Morgan fingerprint density at radius 2 is 1.85 bits per heavy atom. The van der Waals surface area contributed by atoms with Crippen LogP contribution in [-0.4, -0.2) is 24.0 Å². The summed E-state index contributed by atoms with van der Waals surface area (Å²) in [6, 6.07) is 7.48. The lowest BCUT2D eigenvalue weighted by molar-refractivity contribution is -0.121. The Labute approximate surface area is 121 Å². The van der Waals surface area contributed by atoms with Gasteiger partial charge >= 0.3 is 0 Å². The normalized spacial score (nSPS) is 10.7. The van der Waals surface area contributed by atoms with E-state index in [0.717, 1.165) is 16.5 Å². The van der Waals surface area contributed by atoms with Gasteiger partial charge < -0.3 is 16.0 Å². The summed E-state index contributed by atoms with van der Waals surface area (Å²) in [6.07, 6.45) is 2.46. The second-order valence-corrected chi connectivity index (χ2v) is 3.78. The molecule has 2 rings (SSSR count). The molecule has 0 saturated heterocycles. The smallest absolute Gasteiger partial charge is 0.237 e. The van der Waals surface area contributed by atoms with Crippen LogP contribution < -0.4 is 11.1 Å². The van der Waals surface area contributed by atoms with E-state index < -0.39 is 6.04 Å². The quantitative estimate of drug-likeness (QED) is 0.807. The maximum atomic E-state index is 11.3. The number of H-pyrrole nitrogens is 1. The highest BCUT2D eigenvalue weighted by Crippen LogP contribution is 2.18. The van der Waals surface area contributed by atoms with Crippen molar-refractivity contribution in [2.75, 3.05) is 7.05 Å². The van der Waals surface area contributed by atoms with E-state index in [4.69, 9.17) is 5.73 Å². The van der Waals surface area contributed by atoms with Gasteiger partial charge in [0.05, 0.1) is 6.04 Å². The predicted molar refractivity (Wildman–Crippen MR) is 86.7 cm³/mol. The van der Waals surface area contributed by atoms with Gasteiger partial charge in [0.1, 0.15) is 0 Å². The molecule has 0 unspecified atom stereocenters. The molecule has 0 aliphatic rings. The van der Waals surface area contributed by atoms with Gasteiger partial charge in [-0.15, -0.1) is 0 Å². The molecule has 20 heavy (non-hydrogen) atoms. The van der Waals surface area contributed by atoms with Crippen LogP contribution >= 0.6 is 0 Å². The molecule has 0 radical (unpaired) electrons. The number of carbonyl (C=O) groups excluding carboxylic acids is 1. The first kappa shape index (κ1) is 18.2. The molecule has 1 atom stereocenters. The predicted octanol–water partition coefficient (Wildman–Crippen LogP) is 2.84. The highest BCUT2D eigenvalue weighted by molar-refractivity contribution is 5.85. The van der Waals surface area contributed by atoms with Crippen molar-refractivity contribution in [2.45, 2.75) is 40.2 Å². The molecule has 0 aliphatic carbocycles. The Bertz CT molecular complexity index is 505. The first-order chi connectivity index (χ1) is 9.72. The Balaban J connectivity index is 0.000000829. The van der Waals surface area contributed by atoms with E-state index >= 15 is 0 Å². The number of hydrogen-bond donors (Lipinski definition) is 3. The average Bonchev–Trinajstić information content (AvgIpc) is 2.93. The third-order valence-electron chi connectivity index (χ3n) is 2.70. The number of rotatable bonds is 3. The van der Waals surface area contributed by atoms with Crippen LogP contribution in [0.2, 0.25) is 0 Å². The summed E-state index contributed by atoms with van der Waals surface area (Å²) in [4.78, 5) is 14.5. The molecule has 4 N–H and O–H groups in total. The Morgan fingerprint density at radius 1 is 1.25 bits per heavy atom. The molecule has 0 aliphatic heterocycles. The summed E-state index contributed by atoms with van der Waals surface area (Å²) in [7, 11) is 1.59. The molecule has 1 amide bonds. The molecule has 1 heterocycles. The van der Waals surface area contributed by atoms with Crippen molar-refractivity contribution < 1.29 is 4.79 Å². The number of benzene rings is 1. The molecule has 112 valence electrons. The van der Waals surface area contributed by atoms with Crippen molar-refractivity contribution in [2.24, 2.45) is 5.73 Å². The molecular weight excluding hydrogens is 250 g/mol. The van der Waals surface area contributed by atoms with Gasteiger partial charge in [0.15, 0.2) is 0 Å². The van der Waals surface area contributed by atoms with Crippen molar-refractivity contribution in [3.8, 4) is 0 Å². The van der Waals surface area contributed by atoms with Crippen LogP contribution in [-0.2, 0) is 11.2 Å². The van der Waals surface area contributed by atoms with E-state index in [2.05, 4.69) is 10.3 Å². The lowest BCUT2D eigenvalue weighted by Gasteiger charge is -2.08. The lowest BCUT2D eigenvalue weighted by atomic mass is 10.1. The minimum atomic E-state index is -0.496. The van der Waals surface area contributed by atoms with Crippen molar-refractivity contribution in [3.63, 3.8) is 0 Å². The van der Waals surface area contributed by atoms with Gasteiger partial charge in [0.2, 0.25) is 5.91 Å². The number of carbonyl (C=O) groups is 1. The van der Waals surface area contributed by atoms with Gasteiger partial charge in [0.25, 0.3) is 0 Å². The van der Waals surface area contributed by atoms with Crippen LogP contribution in [0.3, 0.4) is 0 Å². The molecule has 0 bridgehead atoms.